The van der Waals surface area contributed by atoms with Gasteiger partial charge in [-0.1, -0.05) is 0 Å². The zero-order valence-electron chi connectivity index (χ0n) is 12.1. The van der Waals surface area contributed by atoms with Gasteiger partial charge in [0.05, 0.1) is 12.8 Å². The summed E-state index contributed by atoms with van der Waals surface area (Å²) in [4.78, 5) is 22.8. The molecule has 22 heavy (non-hydrogen) atoms. The van der Waals surface area contributed by atoms with Crippen LogP contribution < -0.4 is 20.2 Å². The molecule has 2 rings (SSSR count). The average Bonchev–Trinajstić information content (AvgIpc) is 2.54. The summed E-state index contributed by atoms with van der Waals surface area (Å²) < 4.78 is 15.6. The van der Waals surface area contributed by atoms with Gasteiger partial charge < -0.3 is 19.5 Å². The molecule has 2 N–H and O–H groups in total. The lowest BCUT2D eigenvalue weighted by atomic mass is 10.2. The van der Waals surface area contributed by atoms with Gasteiger partial charge in [-0.15, -0.1) is 0 Å². The number of carbonyl (C=O) groups is 2. The quantitative estimate of drug-likeness (QED) is 0.336. The van der Waals surface area contributed by atoms with E-state index in [1.165, 1.54) is 13.3 Å². The number of amides is 2. The van der Waals surface area contributed by atoms with Crippen LogP contribution in [0.25, 0.3) is 0 Å². The van der Waals surface area contributed by atoms with Crippen molar-refractivity contribution in [3.63, 3.8) is 0 Å². The first kappa shape index (κ1) is 15.8. The summed E-state index contributed by atoms with van der Waals surface area (Å²) in [7, 11) is 1.50. The lowest BCUT2D eigenvalue weighted by Gasteiger charge is -2.18. The van der Waals surface area contributed by atoms with Gasteiger partial charge in [0.2, 0.25) is 0 Å². The number of nitrogens with zero attached hydrogens (tertiary/aromatic N) is 1. The molecule has 0 saturated carbocycles. The van der Waals surface area contributed by atoms with Crippen LogP contribution in [0.4, 0.5) is 0 Å². The predicted octanol–water partition coefficient (Wildman–Crippen LogP) is -0.329. The number of fused-ring (bicyclic) bond motifs is 1. The molecule has 0 atom stereocenters. The van der Waals surface area contributed by atoms with Crippen LogP contribution in [0.2, 0.25) is 0 Å². The summed E-state index contributed by atoms with van der Waals surface area (Å²) in [6, 6.07) is 5.26. The summed E-state index contributed by atoms with van der Waals surface area (Å²) in [6.45, 7) is 1.61. The molecule has 0 aromatic heterocycles. The first-order valence-electron chi connectivity index (χ1n) is 6.70. The number of nitrogens with one attached hydrogen (secondary N) is 2. The van der Waals surface area contributed by atoms with E-state index in [-0.39, 0.29) is 6.54 Å². The van der Waals surface area contributed by atoms with E-state index in [0.717, 1.165) is 0 Å². The minimum absolute atomic E-state index is 0.259. The molecule has 8 heteroatoms. The second-order valence-electron chi connectivity index (χ2n) is 4.35. The Bertz CT molecular complexity index is 574. The topological polar surface area (TPSA) is 98.2 Å². The molecule has 0 fully saturated rings. The number of carbonyl (C=O) groups excluding carboxylic acids is 2. The lowest BCUT2D eigenvalue weighted by Crippen LogP contribution is -2.39. The zero-order chi connectivity index (χ0) is 15.8. The predicted molar refractivity (Wildman–Crippen MR) is 78.1 cm³/mol. The van der Waals surface area contributed by atoms with Gasteiger partial charge in [0, 0.05) is 13.7 Å². The molecule has 1 aliphatic rings. The summed E-state index contributed by atoms with van der Waals surface area (Å²) in [5.74, 6) is -0.315. The van der Waals surface area contributed by atoms with Crippen molar-refractivity contribution < 1.29 is 23.8 Å². The van der Waals surface area contributed by atoms with Crippen molar-refractivity contribution >= 4 is 18.0 Å². The van der Waals surface area contributed by atoms with Crippen LogP contribution in [0.3, 0.4) is 0 Å². The normalized spacial score (nSPS) is 13.0. The Hall–Kier alpha value is -2.61. The van der Waals surface area contributed by atoms with E-state index >= 15 is 0 Å². The number of hydrazone groups is 1. The molecule has 1 heterocycles. The highest BCUT2D eigenvalue weighted by atomic mass is 16.6. The highest BCUT2D eigenvalue weighted by molar-refractivity contribution is 6.35. The molecule has 1 aliphatic heterocycles. The van der Waals surface area contributed by atoms with Crippen LogP contribution in [0.1, 0.15) is 5.56 Å². The number of benzene rings is 1. The van der Waals surface area contributed by atoms with Crippen LogP contribution >= 0.6 is 0 Å². The number of ether oxygens (including phenoxy) is 3. The van der Waals surface area contributed by atoms with Crippen LogP contribution in [-0.4, -0.2) is 51.5 Å². The van der Waals surface area contributed by atoms with Gasteiger partial charge in [-0.05, 0) is 23.8 Å². The van der Waals surface area contributed by atoms with Gasteiger partial charge >= 0.3 is 11.8 Å². The van der Waals surface area contributed by atoms with Gasteiger partial charge in [0.1, 0.15) is 13.2 Å². The molecule has 0 spiro atoms. The Morgan fingerprint density at radius 3 is 2.82 bits per heavy atom. The monoisotopic (exact) mass is 307 g/mol. The minimum Gasteiger partial charge on any atom is -0.486 e. The number of hydrogen-bond donors (Lipinski definition) is 2. The molecule has 118 valence electrons. The van der Waals surface area contributed by atoms with Crippen molar-refractivity contribution in [3.8, 4) is 11.5 Å². The van der Waals surface area contributed by atoms with Gasteiger partial charge in [0.15, 0.2) is 11.5 Å². The molecule has 0 bridgehead atoms. The van der Waals surface area contributed by atoms with Crippen molar-refractivity contribution in [2.24, 2.45) is 5.10 Å². The van der Waals surface area contributed by atoms with E-state index in [1.54, 1.807) is 18.2 Å². The van der Waals surface area contributed by atoms with E-state index in [1.807, 2.05) is 0 Å². The summed E-state index contributed by atoms with van der Waals surface area (Å²) in [5.41, 5.74) is 2.86. The van der Waals surface area contributed by atoms with Crippen LogP contribution in [0.5, 0.6) is 11.5 Å². The SMILES string of the molecule is COCCNC(=O)C(=O)N/N=C/c1ccc2c(c1)OCCO2. The third-order valence-corrected chi connectivity index (χ3v) is 2.74. The third-order valence-electron chi connectivity index (χ3n) is 2.74. The fraction of sp³-hybridized carbons (Fsp3) is 0.357. The molecule has 0 radical (unpaired) electrons. The largest absolute Gasteiger partial charge is 0.486 e. The standard InChI is InChI=1S/C14H17N3O5/c1-20-5-4-15-13(18)14(19)17-16-9-10-2-3-11-12(8-10)22-7-6-21-11/h2-3,8-9H,4-7H2,1H3,(H,15,18)(H,17,19)/b16-9+. The third kappa shape index (κ3) is 4.45. The van der Waals surface area contributed by atoms with E-state index in [4.69, 9.17) is 14.2 Å². The van der Waals surface area contributed by atoms with Crippen molar-refractivity contribution in [3.05, 3.63) is 23.8 Å². The van der Waals surface area contributed by atoms with E-state index in [0.29, 0.717) is 36.9 Å². The van der Waals surface area contributed by atoms with E-state index < -0.39 is 11.8 Å². The highest BCUT2D eigenvalue weighted by Crippen LogP contribution is 2.30. The molecule has 1 aromatic carbocycles. The number of methoxy groups -OCH3 is 1. The Morgan fingerprint density at radius 1 is 1.27 bits per heavy atom. The van der Waals surface area contributed by atoms with Crippen molar-refractivity contribution in [1.29, 1.82) is 0 Å². The maximum Gasteiger partial charge on any atom is 0.329 e. The van der Waals surface area contributed by atoms with E-state index in [9.17, 15) is 9.59 Å². The van der Waals surface area contributed by atoms with Gasteiger partial charge in [-0.25, -0.2) is 5.43 Å². The number of hydrogen-bond acceptors (Lipinski definition) is 6. The Balaban J connectivity index is 1.84. The van der Waals surface area contributed by atoms with E-state index in [2.05, 4.69) is 15.8 Å². The number of rotatable bonds is 5. The molecule has 8 nitrogen and oxygen atoms in total. The second kappa shape index (κ2) is 7.99. The molecule has 0 unspecified atom stereocenters. The molecule has 0 aliphatic carbocycles. The fourth-order valence-corrected chi connectivity index (χ4v) is 1.70. The lowest BCUT2D eigenvalue weighted by molar-refractivity contribution is -0.139. The van der Waals surface area contributed by atoms with Gasteiger partial charge in [-0.2, -0.15) is 5.10 Å². The van der Waals surface area contributed by atoms with Crippen molar-refractivity contribution in [1.82, 2.24) is 10.7 Å². The average molecular weight is 307 g/mol. The summed E-state index contributed by atoms with van der Waals surface area (Å²) in [5, 5.41) is 6.11. The van der Waals surface area contributed by atoms with Crippen molar-refractivity contribution in [2.45, 2.75) is 0 Å². The van der Waals surface area contributed by atoms with Gasteiger partial charge in [0.25, 0.3) is 0 Å². The zero-order valence-corrected chi connectivity index (χ0v) is 12.1. The molecule has 2 amide bonds. The maximum absolute atomic E-state index is 11.4. The molecule has 0 saturated heterocycles. The first-order valence-corrected chi connectivity index (χ1v) is 6.70. The van der Waals surface area contributed by atoms with Crippen LogP contribution in [-0.2, 0) is 14.3 Å². The Labute approximate surface area is 127 Å². The molecule has 1 aromatic rings. The van der Waals surface area contributed by atoms with Crippen LogP contribution in [0.15, 0.2) is 23.3 Å². The van der Waals surface area contributed by atoms with Crippen LogP contribution in [0, 0.1) is 0 Å². The summed E-state index contributed by atoms with van der Waals surface area (Å²) >= 11 is 0. The second-order valence-corrected chi connectivity index (χ2v) is 4.35. The summed E-state index contributed by atoms with van der Waals surface area (Å²) in [6.07, 6.45) is 1.42. The molecular formula is C14H17N3O5. The highest BCUT2D eigenvalue weighted by Gasteiger charge is 2.12. The molecular weight excluding hydrogens is 290 g/mol. The maximum atomic E-state index is 11.4. The fourth-order valence-electron chi connectivity index (χ4n) is 1.70. The minimum atomic E-state index is -0.843. The Kier molecular flexibility index (Phi) is 5.73. The van der Waals surface area contributed by atoms with Crippen molar-refractivity contribution in [2.75, 3.05) is 33.5 Å². The Morgan fingerprint density at radius 2 is 2.05 bits per heavy atom. The first-order chi connectivity index (χ1) is 10.7. The smallest absolute Gasteiger partial charge is 0.329 e. The van der Waals surface area contributed by atoms with Gasteiger partial charge in [-0.3, -0.25) is 9.59 Å².